The van der Waals surface area contributed by atoms with Gasteiger partial charge in [-0.15, -0.1) is 10.2 Å². The van der Waals surface area contributed by atoms with Crippen molar-refractivity contribution in [2.75, 3.05) is 0 Å². The number of nitrogens with zero attached hydrogens (tertiary/aromatic N) is 6. The Morgan fingerprint density at radius 3 is 2.39 bits per heavy atom. The summed E-state index contributed by atoms with van der Waals surface area (Å²) in [6.45, 7) is 0. The SMILES string of the molecule is O=[N+]([O-])c1ccc(Sc2nnc(-c3ccncc3)n2-c2ccccc2)c2ccncc12. The molecule has 0 saturated carbocycles. The summed E-state index contributed by atoms with van der Waals surface area (Å²) in [6, 6.07) is 18.6. The number of fused-ring (bicyclic) bond motifs is 1. The maximum atomic E-state index is 11.4. The van der Waals surface area contributed by atoms with E-state index in [1.165, 1.54) is 24.0 Å². The lowest BCUT2D eigenvalue weighted by Gasteiger charge is -2.11. The fraction of sp³-hybridized carbons (Fsp3) is 0. The second-order valence-corrected chi connectivity index (χ2v) is 7.59. The highest BCUT2D eigenvalue weighted by Gasteiger charge is 2.20. The molecule has 0 aliphatic rings. The van der Waals surface area contributed by atoms with E-state index in [-0.39, 0.29) is 5.69 Å². The molecule has 0 spiro atoms. The van der Waals surface area contributed by atoms with Gasteiger partial charge in [-0.3, -0.25) is 24.6 Å². The molecule has 0 saturated heterocycles. The van der Waals surface area contributed by atoms with E-state index < -0.39 is 4.92 Å². The van der Waals surface area contributed by atoms with Crippen molar-refractivity contribution >= 4 is 28.2 Å². The molecule has 2 aromatic carbocycles. The molecule has 3 aromatic heterocycles. The molecule has 0 aliphatic carbocycles. The Morgan fingerprint density at radius 2 is 1.61 bits per heavy atom. The Bertz CT molecular complexity index is 1390. The maximum Gasteiger partial charge on any atom is 0.278 e. The summed E-state index contributed by atoms with van der Waals surface area (Å²) in [5.41, 5.74) is 1.82. The van der Waals surface area contributed by atoms with Gasteiger partial charge in [-0.05, 0) is 48.2 Å². The molecule has 0 amide bonds. The number of nitro groups is 1. The van der Waals surface area contributed by atoms with Crippen molar-refractivity contribution in [3.05, 3.63) is 95.6 Å². The van der Waals surface area contributed by atoms with E-state index in [4.69, 9.17) is 0 Å². The molecular weight excluding hydrogens is 412 g/mol. The van der Waals surface area contributed by atoms with E-state index in [2.05, 4.69) is 20.2 Å². The number of hydrogen-bond acceptors (Lipinski definition) is 7. The fourth-order valence-corrected chi connectivity index (χ4v) is 4.31. The van der Waals surface area contributed by atoms with Crippen molar-refractivity contribution < 1.29 is 4.92 Å². The zero-order chi connectivity index (χ0) is 21.2. The topological polar surface area (TPSA) is 99.6 Å². The Labute approximate surface area is 180 Å². The molecule has 5 rings (SSSR count). The van der Waals surface area contributed by atoms with Crippen LogP contribution in [0.15, 0.2) is 95.5 Å². The van der Waals surface area contributed by atoms with Crippen molar-refractivity contribution in [2.24, 2.45) is 0 Å². The fourth-order valence-electron chi connectivity index (χ4n) is 3.33. The molecule has 150 valence electrons. The summed E-state index contributed by atoms with van der Waals surface area (Å²) in [5, 5.41) is 22.2. The van der Waals surface area contributed by atoms with Crippen molar-refractivity contribution in [1.82, 2.24) is 24.7 Å². The van der Waals surface area contributed by atoms with E-state index in [0.29, 0.717) is 16.4 Å². The molecule has 31 heavy (non-hydrogen) atoms. The lowest BCUT2D eigenvalue weighted by Crippen LogP contribution is -1.99. The highest BCUT2D eigenvalue weighted by Crippen LogP contribution is 2.38. The van der Waals surface area contributed by atoms with Crippen LogP contribution in [-0.4, -0.2) is 29.7 Å². The number of aromatic nitrogens is 5. The summed E-state index contributed by atoms with van der Waals surface area (Å²) in [4.78, 5) is 20.0. The summed E-state index contributed by atoms with van der Waals surface area (Å²) in [7, 11) is 0. The molecule has 3 heterocycles. The minimum absolute atomic E-state index is 0.0226. The van der Waals surface area contributed by atoms with E-state index in [0.717, 1.165) is 21.5 Å². The molecule has 0 aliphatic heterocycles. The minimum Gasteiger partial charge on any atom is -0.270 e. The van der Waals surface area contributed by atoms with Gasteiger partial charge in [0.2, 0.25) is 5.16 Å². The molecule has 0 radical (unpaired) electrons. The summed E-state index contributed by atoms with van der Waals surface area (Å²) < 4.78 is 1.97. The molecule has 8 nitrogen and oxygen atoms in total. The first-order chi connectivity index (χ1) is 15.2. The summed E-state index contributed by atoms with van der Waals surface area (Å²) in [6.07, 6.45) is 6.56. The van der Waals surface area contributed by atoms with E-state index in [9.17, 15) is 10.1 Å². The zero-order valence-corrected chi connectivity index (χ0v) is 16.8. The summed E-state index contributed by atoms with van der Waals surface area (Å²) >= 11 is 1.40. The number of nitro benzene ring substituents is 1. The van der Waals surface area contributed by atoms with Crippen LogP contribution >= 0.6 is 11.8 Å². The van der Waals surface area contributed by atoms with Gasteiger partial charge in [0.25, 0.3) is 5.69 Å². The van der Waals surface area contributed by atoms with Gasteiger partial charge in [0.1, 0.15) is 0 Å². The molecule has 0 unspecified atom stereocenters. The molecule has 9 heteroatoms. The van der Waals surface area contributed by atoms with Crippen molar-refractivity contribution in [2.45, 2.75) is 10.1 Å². The predicted molar refractivity (Wildman–Crippen MR) is 117 cm³/mol. The van der Waals surface area contributed by atoms with Gasteiger partial charge < -0.3 is 0 Å². The highest BCUT2D eigenvalue weighted by atomic mass is 32.2. The minimum atomic E-state index is -0.396. The molecule has 0 fully saturated rings. The maximum absolute atomic E-state index is 11.4. The van der Waals surface area contributed by atoms with Crippen molar-refractivity contribution in [3.8, 4) is 17.1 Å². The number of non-ortho nitro benzene ring substituents is 1. The second-order valence-electron chi connectivity index (χ2n) is 6.58. The van der Waals surface area contributed by atoms with Crippen molar-refractivity contribution in [1.29, 1.82) is 0 Å². The smallest absolute Gasteiger partial charge is 0.270 e. The standard InChI is InChI=1S/C22H14N6O2S/c29-28(30)19-6-7-20(17-10-13-24-14-18(17)19)31-22-26-25-21(15-8-11-23-12-9-15)27(22)16-4-2-1-3-5-16/h1-14H. The van der Waals surface area contributed by atoms with Crippen LogP contribution in [0.5, 0.6) is 0 Å². The number of benzene rings is 2. The zero-order valence-electron chi connectivity index (χ0n) is 16.0. The molecule has 0 N–H and O–H groups in total. The van der Waals surface area contributed by atoms with E-state index >= 15 is 0 Å². The van der Waals surface area contributed by atoms with Crippen LogP contribution < -0.4 is 0 Å². The molecule has 0 atom stereocenters. The molecule has 0 bridgehead atoms. The van der Waals surface area contributed by atoms with Crippen LogP contribution in [0.3, 0.4) is 0 Å². The van der Waals surface area contributed by atoms with E-state index in [1.807, 2.05) is 47.0 Å². The second kappa shape index (κ2) is 7.96. The Kier molecular flexibility index (Phi) is 4.85. The summed E-state index contributed by atoms with van der Waals surface area (Å²) in [5.74, 6) is 0.684. The van der Waals surface area contributed by atoms with Crippen molar-refractivity contribution in [3.63, 3.8) is 0 Å². The van der Waals surface area contributed by atoms with Gasteiger partial charge in [-0.25, -0.2) is 0 Å². The number of pyridine rings is 2. The van der Waals surface area contributed by atoms with Gasteiger partial charge in [0.05, 0.1) is 10.3 Å². The highest BCUT2D eigenvalue weighted by molar-refractivity contribution is 7.99. The quantitative estimate of drug-likeness (QED) is 0.290. The Balaban J connectivity index is 1.67. The average molecular weight is 426 g/mol. The third-order valence-electron chi connectivity index (χ3n) is 4.74. The Morgan fingerprint density at radius 1 is 0.839 bits per heavy atom. The number of hydrogen-bond donors (Lipinski definition) is 0. The van der Waals surface area contributed by atoms with Gasteiger partial charge in [0.15, 0.2) is 5.82 Å². The van der Waals surface area contributed by atoms with Crippen LogP contribution in [-0.2, 0) is 0 Å². The number of para-hydroxylation sites is 1. The molecular formula is C22H14N6O2S. The molecule has 5 aromatic rings. The lowest BCUT2D eigenvalue weighted by molar-refractivity contribution is -0.383. The van der Waals surface area contributed by atoms with Crippen LogP contribution in [0.1, 0.15) is 0 Å². The van der Waals surface area contributed by atoms with Crippen LogP contribution in [0.2, 0.25) is 0 Å². The predicted octanol–water partition coefficient (Wildman–Crippen LogP) is 4.94. The first-order valence-corrected chi connectivity index (χ1v) is 10.1. The average Bonchev–Trinajstić information content (AvgIpc) is 3.24. The van der Waals surface area contributed by atoms with Gasteiger partial charge in [0, 0.05) is 52.4 Å². The monoisotopic (exact) mass is 426 g/mol. The number of rotatable bonds is 5. The van der Waals surface area contributed by atoms with E-state index in [1.54, 1.807) is 30.7 Å². The Hall–Kier alpha value is -4.11. The lowest BCUT2D eigenvalue weighted by atomic mass is 10.1. The van der Waals surface area contributed by atoms with Crippen LogP contribution in [0.25, 0.3) is 27.8 Å². The van der Waals surface area contributed by atoms with Gasteiger partial charge in [-0.1, -0.05) is 18.2 Å². The first kappa shape index (κ1) is 18.9. The third kappa shape index (κ3) is 3.51. The van der Waals surface area contributed by atoms with Crippen LogP contribution in [0, 0.1) is 10.1 Å². The largest absolute Gasteiger partial charge is 0.278 e. The third-order valence-corrected chi connectivity index (χ3v) is 5.76. The van der Waals surface area contributed by atoms with Gasteiger partial charge >= 0.3 is 0 Å². The van der Waals surface area contributed by atoms with Gasteiger partial charge in [-0.2, -0.15) is 0 Å². The normalized spacial score (nSPS) is 11.0. The van der Waals surface area contributed by atoms with Crippen LogP contribution in [0.4, 0.5) is 5.69 Å². The first-order valence-electron chi connectivity index (χ1n) is 9.32.